The summed E-state index contributed by atoms with van der Waals surface area (Å²) in [5.74, 6) is 0.349. The highest BCUT2D eigenvalue weighted by Gasteiger charge is 2.22. The van der Waals surface area contributed by atoms with Crippen LogP contribution in [0.4, 0.5) is 5.69 Å². The standard InChI is InChI=1S/C19H22N4O4S/c1-13(2)27-18-16(23(24)25)9-15(10-17(18)26-3)12-21-22-19(28)20-11-14-7-5-4-6-8-14/h4-10,12-13H,11H2,1-3H3,(H2,20,22,28)/b21-12-. The van der Waals surface area contributed by atoms with Crippen molar-refractivity contribution in [2.45, 2.75) is 26.5 Å². The van der Waals surface area contributed by atoms with Crippen LogP contribution in [0.25, 0.3) is 0 Å². The molecule has 0 aromatic heterocycles. The maximum atomic E-state index is 11.4. The molecular weight excluding hydrogens is 380 g/mol. The van der Waals surface area contributed by atoms with Crippen LogP contribution in [0.3, 0.4) is 0 Å². The predicted molar refractivity (Wildman–Crippen MR) is 112 cm³/mol. The fraction of sp³-hybridized carbons (Fsp3) is 0.263. The minimum absolute atomic E-state index is 0.0904. The van der Waals surface area contributed by atoms with Crippen LogP contribution in [-0.2, 0) is 6.54 Å². The van der Waals surface area contributed by atoms with Crippen LogP contribution in [-0.4, -0.2) is 29.5 Å². The van der Waals surface area contributed by atoms with Gasteiger partial charge in [0.05, 0.1) is 24.4 Å². The number of nitrogens with one attached hydrogen (secondary N) is 2. The van der Waals surface area contributed by atoms with Gasteiger partial charge in [-0.1, -0.05) is 30.3 Å². The Morgan fingerprint density at radius 3 is 2.64 bits per heavy atom. The summed E-state index contributed by atoms with van der Waals surface area (Å²) in [6.45, 7) is 4.13. The molecule has 0 aliphatic heterocycles. The van der Waals surface area contributed by atoms with Crippen molar-refractivity contribution in [3.63, 3.8) is 0 Å². The fourth-order valence-corrected chi connectivity index (χ4v) is 2.43. The van der Waals surface area contributed by atoms with Gasteiger partial charge in [0.25, 0.3) is 0 Å². The second-order valence-electron chi connectivity index (χ2n) is 6.03. The lowest BCUT2D eigenvalue weighted by molar-refractivity contribution is -0.386. The van der Waals surface area contributed by atoms with Crippen molar-refractivity contribution in [2.24, 2.45) is 5.10 Å². The minimum atomic E-state index is -0.517. The van der Waals surface area contributed by atoms with E-state index < -0.39 is 4.92 Å². The van der Waals surface area contributed by atoms with Crippen LogP contribution >= 0.6 is 12.2 Å². The fourth-order valence-electron chi connectivity index (χ4n) is 2.31. The first-order valence-electron chi connectivity index (χ1n) is 8.54. The molecule has 9 heteroatoms. The van der Waals surface area contributed by atoms with Gasteiger partial charge in [-0.15, -0.1) is 0 Å². The van der Waals surface area contributed by atoms with Gasteiger partial charge in [0.2, 0.25) is 5.75 Å². The van der Waals surface area contributed by atoms with Crippen molar-refractivity contribution in [2.75, 3.05) is 7.11 Å². The van der Waals surface area contributed by atoms with Gasteiger partial charge in [0.1, 0.15) is 0 Å². The zero-order valence-electron chi connectivity index (χ0n) is 15.8. The molecule has 2 rings (SSSR count). The number of nitro benzene ring substituents is 1. The monoisotopic (exact) mass is 402 g/mol. The summed E-state index contributed by atoms with van der Waals surface area (Å²) in [4.78, 5) is 10.9. The summed E-state index contributed by atoms with van der Waals surface area (Å²) in [5.41, 5.74) is 4.04. The van der Waals surface area contributed by atoms with E-state index in [1.807, 2.05) is 30.3 Å². The number of hydrogen-bond donors (Lipinski definition) is 2. The molecule has 148 valence electrons. The normalized spacial score (nSPS) is 10.7. The van der Waals surface area contributed by atoms with Crippen molar-refractivity contribution in [3.8, 4) is 11.5 Å². The Labute approximate surface area is 168 Å². The number of hydrazone groups is 1. The quantitative estimate of drug-likeness (QED) is 0.302. The highest BCUT2D eigenvalue weighted by molar-refractivity contribution is 7.80. The summed E-state index contributed by atoms with van der Waals surface area (Å²) in [6.07, 6.45) is 1.19. The first-order chi connectivity index (χ1) is 13.4. The number of ether oxygens (including phenoxy) is 2. The lowest BCUT2D eigenvalue weighted by Gasteiger charge is -2.14. The van der Waals surface area contributed by atoms with E-state index in [4.69, 9.17) is 21.7 Å². The van der Waals surface area contributed by atoms with Gasteiger partial charge < -0.3 is 14.8 Å². The molecule has 0 heterocycles. The Morgan fingerprint density at radius 1 is 1.32 bits per heavy atom. The van der Waals surface area contributed by atoms with E-state index >= 15 is 0 Å². The van der Waals surface area contributed by atoms with Crippen LogP contribution in [0.2, 0.25) is 0 Å². The van der Waals surface area contributed by atoms with Crippen molar-refractivity contribution in [1.82, 2.24) is 10.7 Å². The van der Waals surface area contributed by atoms with E-state index in [0.717, 1.165) is 5.56 Å². The molecule has 2 N–H and O–H groups in total. The van der Waals surface area contributed by atoms with E-state index in [1.54, 1.807) is 19.9 Å². The molecule has 0 unspecified atom stereocenters. The molecule has 0 spiro atoms. The van der Waals surface area contributed by atoms with E-state index in [-0.39, 0.29) is 23.3 Å². The summed E-state index contributed by atoms with van der Waals surface area (Å²) in [7, 11) is 1.42. The highest BCUT2D eigenvalue weighted by atomic mass is 32.1. The van der Waals surface area contributed by atoms with E-state index in [2.05, 4.69) is 15.8 Å². The molecule has 2 aromatic carbocycles. The van der Waals surface area contributed by atoms with Crippen molar-refractivity contribution in [1.29, 1.82) is 0 Å². The number of nitro groups is 1. The van der Waals surface area contributed by atoms with E-state index in [1.165, 1.54) is 19.4 Å². The molecule has 0 fully saturated rings. The smallest absolute Gasteiger partial charge is 0.315 e. The number of rotatable bonds is 8. The summed E-state index contributed by atoms with van der Waals surface area (Å²) < 4.78 is 10.8. The topological polar surface area (TPSA) is 98.0 Å². The molecule has 0 saturated carbocycles. The zero-order chi connectivity index (χ0) is 20.5. The Bertz CT molecular complexity index is 857. The summed E-state index contributed by atoms with van der Waals surface area (Å²) >= 11 is 5.16. The van der Waals surface area contributed by atoms with Gasteiger partial charge in [-0.05, 0) is 37.7 Å². The highest BCUT2D eigenvalue weighted by Crippen LogP contribution is 2.38. The molecule has 0 radical (unpaired) electrons. The number of benzene rings is 2. The number of thiocarbonyl (C=S) groups is 1. The van der Waals surface area contributed by atoms with Crippen LogP contribution in [0, 0.1) is 10.1 Å². The largest absolute Gasteiger partial charge is 0.493 e. The Kier molecular flexibility index (Phi) is 7.70. The van der Waals surface area contributed by atoms with Gasteiger partial charge in [-0.3, -0.25) is 15.5 Å². The third-order valence-corrected chi connectivity index (χ3v) is 3.74. The van der Waals surface area contributed by atoms with Crippen molar-refractivity contribution < 1.29 is 14.4 Å². The van der Waals surface area contributed by atoms with Gasteiger partial charge in [-0.25, -0.2) is 0 Å². The second-order valence-corrected chi connectivity index (χ2v) is 6.44. The van der Waals surface area contributed by atoms with Gasteiger partial charge in [-0.2, -0.15) is 5.10 Å². The molecule has 0 amide bonds. The maximum absolute atomic E-state index is 11.4. The molecule has 0 saturated heterocycles. The average Bonchev–Trinajstić information content (AvgIpc) is 2.67. The molecule has 0 atom stereocenters. The zero-order valence-corrected chi connectivity index (χ0v) is 16.7. The molecule has 8 nitrogen and oxygen atoms in total. The molecule has 0 bridgehead atoms. The minimum Gasteiger partial charge on any atom is -0.493 e. The van der Waals surface area contributed by atoms with Gasteiger partial charge >= 0.3 is 5.69 Å². The van der Waals surface area contributed by atoms with Crippen LogP contribution in [0.1, 0.15) is 25.0 Å². The first-order valence-corrected chi connectivity index (χ1v) is 8.95. The maximum Gasteiger partial charge on any atom is 0.315 e. The lowest BCUT2D eigenvalue weighted by Crippen LogP contribution is -2.31. The Hall–Kier alpha value is -3.20. The summed E-state index contributed by atoms with van der Waals surface area (Å²) in [5, 5.41) is 18.8. The first kappa shape index (κ1) is 21.1. The molecule has 2 aromatic rings. The van der Waals surface area contributed by atoms with E-state index in [0.29, 0.717) is 17.2 Å². The predicted octanol–water partition coefficient (Wildman–Crippen LogP) is 3.39. The number of methoxy groups -OCH3 is 1. The van der Waals surface area contributed by atoms with Crippen LogP contribution in [0.5, 0.6) is 11.5 Å². The molecule has 0 aliphatic rings. The Morgan fingerprint density at radius 2 is 2.04 bits per heavy atom. The van der Waals surface area contributed by atoms with Crippen LogP contribution < -0.4 is 20.2 Å². The summed E-state index contributed by atoms with van der Waals surface area (Å²) in [6, 6.07) is 12.8. The van der Waals surface area contributed by atoms with Gasteiger partial charge in [0, 0.05) is 18.2 Å². The lowest BCUT2D eigenvalue weighted by atomic mass is 10.2. The second kappa shape index (κ2) is 10.2. The molecule has 28 heavy (non-hydrogen) atoms. The van der Waals surface area contributed by atoms with Crippen molar-refractivity contribution >= 4 is 29.2 Å². The van der Waals surface area contributed by atoms with Crippen LogP contribution in [0.15, 0.2) is 47.6 Å². The third kappa shape index (κ3) is 6.20. The average molecular weight is 402 g/mol. The molecular formula is C19H22N4O4S. The third-order valence-electron chi connectivity index (χ3n) is 3.50. The number of nitrogens with zero attached hydrogens (tertiary/aromatic N) is 2. The Balaban J connectivity index is 2.07. The van der Waals surface area contributed by atoms with E-state index in [9.17, 15) is 10.1 Å². The number of hydrogen-bond acceptors (Lipinski definition) is 6. The SMILES string of the molecule is COc1cc(/C=N\NC(=S)NCc2ccccc2)cc([N+](=O)[O-])c1OC(C)C. The van der Waals surface area contributed by atoms with Crippen molar-refractivity contribution in [3.05, 3.63) is 63.7 Å². The van der Waals surface area contributed by atoms with Gasteiger partial charge in [0.15, 0.2) is 10.9 Å². The molecule has 0 aliphatic carbocycles.